The van der Waals surface area contributed by atoms with E-state index in [-0.39, 0.29) is 18.2 Å². The Kier molecular flexibility index (Phi) is 5.83. The molecular formula is C17H21F6N. The van der Waals surface area contributed by atoms with Crippen molar-refractivity contribution in [3.8, 4) is 0 Å². The van der Waals surface area contributed by atoms with Crippen LogP contribution < -0.4 is 0 Å². The highest BCUT2D eigenvalue weighted by atomic mass is 19.4. The van der Waals surface area contributed by atoms with Gasteiger partial charge in [0.05, 0.1) is 11.1 Å². The maximum Gasteiger partial charge on any atom is 0.416 e. The fourth-order valence-corrected chi connectivity index (χ4v) is 3.32. The molecule has 1 aliphatic heterocycles. The Balaban J connectivity index is 2.35. The lowest BCUT2D eigenvalue weighted by Gasteiger charge is -2.36. The van der Waals surface area contributed by atoms with Gasteiger partial charge >= 0.3 is 12.4 Å². The number of likely N-dealkylation sites (tertiary alicyclic amines) is 1. The number of hydrogen-bond donors (Lipinski definition) is 0. The maximum atomic E-state index is 13.2. The number of piperidine rings is 1. The van der Waals surface area contributed by atoms with Crippen molar-refractivity contribution >= 4 is 0 Å². The molecular weight excluding hydrogens is 332 g/mol. The van der Waals surface area contributed by atoms with Crippen molar-refractivity contribution in [2.24, 2.45) is 0 Å². The molecule has 1 fully saturated rings. The molecule has 0 amide bonds. The van der Waals surface area contributed by atoms with Crippen LogP contribution in [0.5, 0.6) is 0 Å². The van der Waals surface area contributed by atoms with Gasteiger partial charge in [0.15, 0.2) is 0 Å². The lowest BCUT2D eigenvalue weighted by molar-refractivity contribution is -0.142. The van der Waals surface area contributed by atoms with Crippen molar-refractivity contribution in [2.45, 2.75) is 64.0 Å². The second kappa shape index (κ2) is 7.33. The maximum absolute atomic E-state index is 13.2. The molecule has 1 atom stereocenters. The molecule has 24 heavy (non-hydrogen) atoms. The van der Waals surface area contributed by atoms with E-state index in [0.29, 0.717) is 24.7 Å². The Bertz CT molecular complexity index is 547. The second-order valence-electron chi connectivity index (χ2n) is 6.28. The normalized spacial score (nSPS) is 20.4. The topological polar surface area (TPSA) is 3.24 Å². The molecule has 0 aliphatic carbocycles. The number of alkyl halides is 6. The van der Waals surface area contributed by atoms with Crippen molar-refractivity contribution in [1.29, 1.82) is 0 Å². The molecule has 0 spiro atoms. The number of rotatable bonds is 4. The second-order valence-corrected chi connectivity index (χ2v) is 6.28. The minimum Gasteiger partial charge on any atom is -0.296 e. The highest BCUT2D eigenvalue weighted by Gasteiger charge is 2.37. The fourth-order valence-electron chi connectivity index (χ4n) is 3.32. The Morgan fingerprint density at radius 3 is 2.33 bits per heavy atom. The van der Waals surface area contributed by atoms with Crippen LogP contribution in [0.1, 0.15) is 55.7 Å². The van der Waals surface area contributed by atoms with E-state index in [0.717, 1.165) is 32.1 Å². The summed E-state index contributed by atoms with van der Waals surface area (Å²) in [5.74, 6) is 0. The van der Waals surface area contributed by atoms with Crippen LogP contribution >= 0.6 is 0 Å². The summed E-state index contributed by atoms with van der Waals surface area (Å²) in [7, 11) is 0. The van der Waals surface area contributed by atoms with E-state index in [2.05, 4.69) is 0 Å². The van der Waals surface area contributed by atoms with Gasteiger partial charge in [-0.1, -0.05) is 19.8 Å². The third kappa shape index (κ3) is 4.65. The summed E-state index contributed by atoms with van der Waals surface area (Å²) in [4.78, 5) is 1.90. The van der Waals surface area contributed by atoms with Crippen LogP contribution in [0, 0.1) is 0 Å². The summed E-state index contributed by atoms with van der Waals surface area (Å²) in [5, 5.41) is 0. The molecule has 0 saturated carbocycles. The van der Waals surface area contributed by atoms with E-state index in [1.54, 1.807) is 0 Å². The third-order valence-corrected chi connectivity index (χ3v) is 4.48. The minimum atomic E-state index is -4.66. The van der Waals surface area contributed by atoms with Crippen LogP contribution in [-0.4, -0.2) is 17.5 Å². The van der Waals surface area contributed by atoms with E-state index in [4.69, 9.17) is 0 Å². The molecule has 0 bridgehead atoms. The zero-order valence-corrected chi connectivity index (χ0v) is 13.5. The van der Waals surface area contributed by atoms with E-state index in [1.165, 1.54) is 0 Å². The third-order valence-electron chi connectivity index (χ3n) is 4.48. The van der Waals surface area contributed by atoms with Crippen molar-refractivity contribution in [2.75, 3.05) is 6.54 Å². The summed E-state index contributed by atoms with van der Waals surface area (Å²) < 4.78 is 78.2. The highest BCUT2D eigenvalue weighted by molar-refractivity contribution is 5.35. The molecule has 1 aromatic carbocycles. The number of benzene rings is 1. The van der Waals surface area contributed by atoms with Crippen LogP contribution in [-0.2, 0) is 18.9 Å². The van der Waals surface area contributed by atoms with Crippen LogP contribution in [0.4, 0.5) is 26.3 Å². The molecule has 0 radical (unpaired) electrons. The SMILES string of the molecule is CCCC1CCCCN1Cc1cc(C(F)(F)F)ccc1C(F)(F)F. The lowest BCUT2D eigenvalue weighted by atomic mass is 9.96. The smallest absolute Gasteiger partial charge is 0.296 e. The minimum absolute atomic E-state index is 0.0938. The molecule has 1 saturated heterocycles. The average Bonchev–Trinajstić information content (AvgIpc) is 2.47. The first-order valence-electron chi connectivity index (χ1n) is 8.14. The molecule has 0 aromatic heterocycles. The Hall–Kier alpha value is -1.24. The van der Waals surface area contributed by atoms with Gasteiger partial charge in [-0.05, 0) is 49.6 Å². The predicted octanol–water partition coefficient (Wildman–Crippen LogP) is 5.88. The predicted molar refractivity (Wildman–Crippen MR) is 79.4 cm³/mol. The van der Waals surface area contributed by atoms with Gasteiger partial charge in [-0.15, -0.1) is 0 Å². The molecule has 136 valence electrons. The molecule has 1 heterocycles. The Labute approximate surface area is 137 Å². The molecule has 1 aromatic rings. The first-order chi connectivity index (χ1) is 11.1. The van der Waals surface area contributed by atoms with E-state index < -0.39 is 23.5 Å². The summed E-state index contributed by atoms with van der Waals surface area (Å²) >= 11 is 0. The quantitative estimate of drug-likeness (QED) is 0.611. The number of nitrogens with zero attached hydrogens (tertiary/aromatic N) is 1. The van der Waals surface area contributed by atoms with Gasteiger partial charge in [0.1, 0.15) is 0 Å². The van der Waals surface area contributed by atoms with Crippen molar-refractivity contribution in [1.82, 2.24) is 4.90 Å². The van der Waals surface area contributed by atoms with Crippen LogP contribution in [0.15, 0.2) is 18.2 Å². The van der Waals surface area contributed by atoms with E-state index >= 15 is 0 Å². The summed E-state index contributed by atoms with van der Waals surface area (Å²) in [6, 6.07) is 1.85. The van der Waals surface area contributed by atoms with Crippen molar-refractivity contribution in [3.05, 3.63) is 34.9 Å². The number of hydrogen-bond acceptors (Lipinski definition) is 1. The standard InChI is InChI=1S/C17H21F6N/c1-2-5-14-6-3-4-9-24(14)11-12-10-13(16(18,19)20)7-8-15(12)17(21,22)23/h7-8,10,14H,2-6,9,11H2,1H3. The Morgan fingerprint density at radius 1 is 1.04 bits per heavy atom. The van der Waals surface area contributed by atoms with E-state index in [1.807, 2.05) is 11.8 Å². The van der Waals surface area contributed by atoms with Crippen molar-refractivity contribution < 1.29 is 26.3 Å². The van der Waals surface area contributed by atoms with Gasteiger partial charge in [-0.3, -0.25) is 4.90 Å². The van der Waals surface area contributed by atoms with Gasteiger partial charge in [-0.25, -0.2) is 0 Å². The van der Waals surface area contributed by atoms with E-state index in [9.17, 15) is 26.3 Å². The van der Waals surface area contributed by atoms with Gasteiger partial charge in [0.25, 0.3) is 0 Å². The average molecular weight is 353 g/mol. The number of halogens is 6. The molecule has 7 heteroatoms. The summed E-state index contributed by atoms with van der Waals surface area (Å²) in [6.45, 7) is 2.53. The monoisotopic (exact) mass is 353 g/mol. The van der Waals surface area contributed by atoms with Gasteiger partial charge in [0, 0.05) is 12.6 Å². The van der Waals surface area contributed by atoms with Crippen LogP contribution in [0.2, 0.25) is 0 Å². The first kappa shape index (κ1) is 19.1. The van der Waals surface area contributed by atoms with Crippen molar-refractivity contribution in [3.63, 3.8) is 0 Å². The fraction of sp³-hybridized carbons (Fsp3) is 0.647. The zero-order chi connectivity index (χ0) is 18.0. The van der Waals surface area contributed by atoms with Gasteiger partial charge in [0.2, 0.25) is 0 Å². The first-order valence-corrected chi connectivity index (χ1v) is 8.14. The van der Waals surface area contributed by atoms with Gasteiger partial charge in [-0.2, -0.15) is 26.3 Å². The van der Waals surface area contributed by atoms with Crippen LogP contribution in [0.25, 0.3) is 0 Å². The zero-order valence-electron chi connectivity index (χ0n) is 13.5. The lowest BCUT2D eigenvalue weighted by Crippen LogP contribution is -2.39. The summed E-state index contributed by atoms with van der Waals surface area (Å²) in [6.07, 6.45) is -4.81. The Morgan fingerprint density at radius 2 is 1.75 bits per heavy atom. The van der Waals surface area contributed by atoms with Gasteiger partial charge < -0.3 is 0 Å². The molecule has 1 aliphatic rings. The molecule has 2 rings (SSSR count). The highest BCUT2D eigenvalue weighted by Crippen LogP contribution is 2.37. The largest absolute Gasteiger partial charge is 0.416 e. The summed E-state index contributed by atoms with van der Waals surface area (Å²) in [5.41, 5.74) is -2.30. The van der Waals surface area contributed by atoms with Crippen LogP contribution in [0.3, 0.4) is 0 Å². The molecule has 1 unspecified atom stereocenters. The molecule has 1 nitrogen and oxygen atoms in total. The molecule has 0 N–H and O–H groups in total.